The summed E-state index contributed by atoms with van der Waals surface area (Å²) in [4.78, 5) is 3.98. The Kier molecular flexibility index (Phi) is 3.05. The zero-order chi connectivity index (χ0) is 8.27. The van der Waals surface area contributed by atoms with Crippen LogP contribution >= 0.6 is 22.9 Å². The summed E-state index contributed by atoms with van der Waals surface area (Å²) in [5.41, 5.74) is 0. The van der Waals surface area contributed by atoms with Gasteiger partial charge in [-0.05, 0) is 13.0 Å². The van der Waals surface area contributed by atoms with Gasteiger partial charge in [0.1, 0.15) is 9.34 Å². The smallest absolute Gasteiger partial charge is 0.117 e. The highest BCUT2D eigenvalue weighted by molar-refractivity contribution is 7.16. The molecule has 4 heteroatoms. The van der Waals surface area contributed by atoms with Gasteiger partial charge in [0.2, 0.25) is 0 Å². The van der Waals surface area contributed by atoms with Crippen LogP contribution in [0.25, 0.3) is 6.08 Å². The molecule has 1 atom stereocenters. The summed E-state index contributed by atoms with van der Waals surface area (Å²) in [6.07, 6.45) is 4.57. The molecule has 0 aliphatic rings. The van der Waals surface area contributed by atoms with Crippen molar-refractivity contribution in [2.45, 2.75) is 13.0 Å². The number of aliphatic hydroxyl groups is 1. The third-order valence-corrected chi connectivity index (χ3v) is 2.09. The second kappa shape index (κ2) is 3.85. The van der Waals surface area contributed by atoms with E-state index in [0.717, 1.165) is 5.01 Å². The topological polar surface area (TPSA) is 33.1 Å². The first-order valence-electron chi connectivity index (χ1n) is 3.16. The number of halogens is 1. The second-order valence-corrected chi connectivity index (χ2v) is 3.80. The minimum absolute atomic E-state index is 0.433. The van der Waals surface area contributed by atoms with Crippen molar-refractivity contribution in [3.63, 3.8) is 0 Å². The average Bonchev–Trinajstić information content (AvgIpc) is 2.31. The van der Waals surface area contributed by atoms with Gasteiger partial charge in [-0.15, -0.1) is 11.3 Å². The van der Waals surface area contributed by atoms with Crippen LogP contribution in [0, 0.1) is 0 Å². The van der Waals surface area contributed by atoms with Crippen molar-refractivity contribution in [2.24, 2.45) is 0 Å². The standard InChI is InChI=1S/C7H8ClNOS/c1-5(10)2-3-7-9-4-6(8)11-7/h2-5,10H,1H3/b3-2+. The lowest BCUT2D eigenvalue weighted by Crippen LogP contribution is -1.90. The van der Waals surface area contributed by atoms with Crippen molar-refractivity contribution >= 4 is 29.0 Å². The summed E-state index contributed by atoms with van der Waals surface area (Å²) in [7, 11) is 0. The van der Waals surface area contributed by atoms with Gasteiger partial charge in [-0.2, -0.15) is 0 Å². The molecule has 0 amide bonds. The van der Waals surface area contributed by atoms with E-state index in [0.29, 0.717) is 4.34 Å². The first-order chi connectivity index (χ1) is 5.18. The lowest BCUT2D eigenvalue weighted by Gasteiger charge is -1.89. The Balaban J connectivity index is 2.64. The maximum atomic E-state index is 8.88. The first-order valence-corrected chi connectivity index (χ1v) is 4.35. The summed E-state index contributed by atoms with van der Waals surface area (Å²) in [6, 6.07) is 0. The van der Waals surface area contributed by atoms with Crippen LogP contribution in [0.5, 0.6) is 0 Å². The summed E-state index contributed by atoms with van der Waals surface area (Å²) >= 11 is 7.02. The Morgan fingerprint density at radius 3 is 3.00 bits per heavy atom. The van der Waals surface area contributed by atoms with E-state index in [1.165, 1.54) is 11.3 Å². The molecule has 1 rings (SSSR count). The van der Waals surface area contributed by atoms with Crippen LogP contribution in [0.4, 0.5) is 0 Å². The minimum atomic E-state index is -0.433. The molecule has 0 aliphatic heterocycles. The molecule has 1 N–H and O–H groups in total. The molecule has 0 aliphatic carbocycles. The number of aromatic nitrogens is 1. The van der Waals surface area contributed by atoms with E-state index in [1.54, 1.807) is 25.3 Å². The van der Waals surface area contributed by atoms with Crippen molar-refractivity contribution in [3.8, 4) is 0 Å². The first kappa shape index (κ1) is 8.71. The van der Waals surface area contributed by atoms with Crippen molar-refractivity contribution in [1.82, 2.24) is 4.98 Å². The van der Waals surface area contributed by atoms with Gasteiger partial charge in [-0.3, -0.25) is 0 Å². The SMILES string of the molecule is CC(O)/C=C/c1ncc(Cl)s1. The van der Waals surface area contributed by atoms with Gasteiger partial charge in [0.15, 0.2) is 0 Å². The maximum absolute atomic E-state index is 8.88. The van der Waals surface area contributed by atoms with E-state index in [4.69, 9.17) is 16.7 Å². The van der Waals surface area contributed by atoms with E-state index >= 15 is 0 Å². The fourth-order valence-corrected chi connectivity index (χ4v) is 1.41. The van der Waals surface area contributed by atoms with Crippen LogP contribution in [-0.2, 0) is 0 Å². The number of thiazole rings is 1. The van der Waals surface area contributed by atoms with Crippen LogP contribution in [-0.4, -0.2) is 16.2 Å². The number of nitrogens with zero attached hydrogens (tertiary/aromatic N) is 1. The number of hydrogen-bond acceptors (Lipinski definition) is 3. The van der Waals surface area contributed by atoms with E-state index in [1.807, 2.05) is 0 Å². The van der Waals surface area contributed by atoms with E-state index in [2.05, 4.69) is 4.98 Å². The molecule has 60 valence electrons. The summed E-state index contributed by atoms with van der Waals surface area (Å²) < 4.78 is 0.662. The number of aliphatic hydroxyl groups excluding tert-OH is 1. The Bertz CT molecular complexity index is 257. The third-order valence-electron chi connectivity index (χ3n) is 1.01. The van der Waals surface area contributed by atoms with Gasteiger partial charge in [-0.1, -0.05) is 17.7 Å². The van der Waals surface area contributed by atoms with Crippen molar-refractivity contribution in [1.29, 1.82) is 0 Å². The molecule has 1 aromatic heterocycles. The largest absolute Gasteiger partial charge is 0.389 e. The maximum Gasteiger partial charge on any atom is 0.117 e. The monoisotopic (exact) mass is 189 g/mol. The molecular formula is C7H8ClNOS. The van der Waals surface area contributed by atoms with Gasteiger partial charge in [0, 0.05) is 0 Å². The zero-order valence-corrected chi connectivity index (χ0v) is 7.56. The molecule has 0 saturated carbocycles. The fraction of sp³-hybridized carbons (Fsp3) is 0.286. The summed E-state index contributed by atoms with van der Waals surface area (Å²) in [6.45, 7) is 1.69. The lowest BCUT2D eigenvalue weighted by atomic mass is 10.4. The molecular weight excluding hydrogens is 182 g/mol. The number of rotatable bonds is 2. The Labute approximate surface area is 74.2 Å². The van der Waals surface area contributed by atoms with Crippen LogP contribution in [0.2, 0.25) is 4.34 Å². The van der Waals surface area contributed by atoms with E-state index in [-0.39, 0.29) is 0 Å². The fourth-order valence-electron chi connectivity index (χ4n) is 0.566. The highest BCUT2D eigenvalue weighted by atomic mass is 35.5. The van der Waals surface area contributed by atoms with Gasteiger partial charge >= 0.3 is 0 Å². The highest BCUT2D eigenvalue weighted by Crippen LogP contribution is 2.19. The lowest BCUT2D eigenvalue weighted by molar-refractivity contribution is 0.245. The molecule has 2 nitrogen and oxygen atoms in total. The molecule has 0 fully saturated rings. The molecule has 0 spiro atoms. The van der Waals surface area contributed by atoms with Crippen molar-refractivity contribution < 1.29 is 5.11 Å². The van der Waals surface area contributed by atoms with E-state index < -0.39 is 6.10 Å². The second-order valence-electron chi connectivity index (χ2n) is 2.10. The third kappa shape index (κ3) is 3.01. The molecule has 0 aromatic carbocycles. The normalized spacial score (nSPS) is 14.1. The Morgan fingerprint density at radius 1 is 1.82 bits per heavy atom. The molecule has 0 saturated heterocycles. The van der Waals surface area contributed by atoms with Crippen LogP contribution in [0.3, 0.4) is 0 Å². The van der Waals surface area contributed by atoms with Gasteiger partial charge in [-0.25, -0.2) is 4.98 Å². The van der Waals surface area contributed by atoms with Crippen LogP contribution < -0.4 is 0 Å². The summed E-state index contributed by atoms with van der Waals surface area (Å²) in [5.74, 6) is 0. The van der Waals surface area contributed by atoms with Gasteiger partial charge in [0.25, 0.3) is 0 Å². The zero-order valence-electron chi connectivity index (χ0n) is 5.99. The Hall–Kier alpha value is -0.380. The molecule has 11 heavy (non-hydrogen) atoms. The summed E-state index contributed by atoms with van der Waals surface area (Å²) in [5, 5.41) is 9.69. The van der Waals surface area contributed by atoms with Crippen LogP contribution in [0.15, 0.2) is 12.3 Å². The molecule has 1 unspecified atom stereocenters. The molecule has 1 heterocycles. The molecule has 1 aromatic rings. The predicted molar refractivity (Wildman–Crippen MR) is 47.8 cm³/mol. The quantitative estimate of drug-likeness (QED) is 0.774. The average molecular weight is 190 g/mol. The molecule has 0 bridgehead atoms. The number of hydrogen-bond donors (Lipinski definition) is 1. The minimum Gasteiger partial charge on any atom is -0.389 e. The van der Waals surface area contributed by atoms with Gasteiger partial charge < -0.3 is 5.11 Å². The Morgan fingerprint density at radius 2 is 2.55 bits per heavy atom. The predicted octanol–water partition coefficient (Wildman–Crippen LogP) is 2.19. The van der Waals surface area contributed by atoms with E-state index in [9.17, 15) is 0 Å². The van der Waals surface area contributed by atoms with Gasteiger partial charge in [0.05, 0.1) is 12.3 Å². The van der Waals surface area contributed by atoms with Crippen molar-refractivity contribution in [2.75, 3.05) is 0 Å². The van der Waals surface area contributed by atoms with Crippen LogP contribution in [0.1, 0.15) is 11.9 Å². The molecule has 0 radical (unpaired) electrons. The highest BCUT2D eigenvalue weighted by Gasteiger charge is 1.94. The van der Waals surface area contributed by atoms with Crippen molar-refractivity contribution in [3.05, 3.63) is 21.6 Å².